The van der Waals surface area contributed by atoms with Gasteiger partial charge in [-0.15, -0.1) is 0 Å². The second-order valence-electron chi connectivity index (χ2n) is 5.45. The average Bonchev–Trinajstić information content (AvgIpc) is 2.48. The Morgan fingerprint density at radius 3 is 2.50 bits per heavy atom. The van der Waals surface area contributed by atoms with E-state index in [1.54, 1.807) is 6.92 Å². The third-order valence-electron chi connectivity index (χ3n) is 4.22. The van der Waals surface area contributed by atoms with Crippen molar-refractivity contribution in [1.82, 2.24) is 4.90 Å². The molecule has 2 aliphatic rings. The van der Waals surface area contributed by atoms with Crippen LogP contribution in [-0.4, -0.2) is 41.9 Å². The monoisotopic (exact) mass is 270 g/mol. The molecule has 1 amide bonds. The van der Waals surface area contributed by atoms with Crippen LogP contribution in [0.5, 0.6) is 0 Å². The number of likely N-dealkylation sites (tertiary alicyclic amines) is 1. The van der Waals surface area contributed by atoms with Crippen molar-refractivity contribution in [3.05, 3.63) is 35.4 Å². The number of fused-ring (bicyclic) bond motifs is 1. The van der Waals surface area contributed by atoms with E-state index in [0.29, 0.717) is 5.92 Å². The van der Waals surface area contributed by atoms with E-state index >= 15 is 0 Å². The van der Waals surface area contributed by atoms with E-state index in [-0.39, 0.29) is 18.2 Å². The summed E-state index contributed by atoms with van der Waals surface area (Å²) in [5.74, 6) is 0.606. The fourth-order valence-electron chi connectivity index (χ4n) is 3.09. The Kier molecular flexibility index (Phi) is 3.38. The Morgan fingerprint density at radius 2 is 1.85 bits per heavy atom. The molecule has 104 valence electrons. The molecule has 0 atom stereocenters. The molecule has 0 unspecified atom stereocenters. The number of carbonyl (C=O) groups excluding carboxylic acids is 2. The molecular weight excluding hydrogens is 252 g/mol. The summed E-state index contributed by atoms with van der Waals surface area (Å²) in [6.07, 6.45) is 1.86. The first-order valence-electron chi connectivity index (χ1n) is 7.09. The lowest BCUT2D eigenvalue weighted by Crippen LogP contribution is -2.40. The summed E-state index contributed by atoms with van der Waals surface area (Å²) in [6.45, 7) is 3.45. The van der Waals surface area contributed by atoms with Crippen LogP contribution in [-0.2, 0) is 4.79 Å². The van der Waals surface area contributed by atoms with Gasteiger partial charge in [0.25, 0.3) is 0 Å². The molecule has 3 rings (SSSR count). The molecule has 0 radical (unpaired) electrons. The molecule has 0 aromatic heterocycles. The standard InChI is InChI=1S/C16H18N2O2/c1-11(19)18-8-6-12(7-9-18)16-14-5-3-2-4-13(14)15(20)10-17-16/h2-5,12H,6-10H2,1H3. The van der Waals surface area contributed by atoms with Crippen LogP contribution in [0, 0.1) is 5.92 Å². The Balaban J connectivity index is 1.82. The summed E-state index contributed by atoms with van der Waals surface area (Å²) in [5.41, 5.74) is 2.85. The van der Waals surface area contributed by atoms with E-state index in [1.807, 2.05) is 29.2 Å². The lowest BCUT2D eigenvalue weighted by molar-refractivity contribution is -0.129. The number of carbonyl (C=O) groups is 2. The van der Waals surface area contributed by atoms with E-state index in [4.69, 9.17) is 0 Å². The van der Waals surface area contributed by atoms with E-state index in [1.165, 1.54) is 0 Å². The molecule has 1 saturated heterocycles. The molecule has 1 aromatic rings. The quantitative estimate of drug-likeness (QED) is 0.783. The maximum absolute atomic E-state index is 11.9. The van der Waals surface area contributed by atoms with Gasteiger partial charge in [0.15, 0.2) is 5.78 Å². The molecular formula is C16H18N2O2. The minimum absolute atomic E-state index is 0.102. The molecule has 1 fully saturated rings. The number of nitrogens with zero attached hydrogens (tertiary/aromatic N) is 2. The van der Waals surface area contributed by atoms with Gasteiger partial charge in [0, 0.05) is 42.8 Å². The van der Waals surface area contributed by atoms with E-state index in [9.17, 15) is 9.59 Å². The molecule has 0 bridgehead atoms. The highest BCUT2D eigenvalue weighted by Crippen LogP contribution is 2.27. The minimum atomic E-state index is 0.102. The van der Waals surface area contributed by atoms with Gasteiger partial charge in [-0.05, 0) is 12.8 Å². The molecule has 0 N–H and O–H groups in total. The van der Waals surface area contributed by atoms with Gasteiger partial charge in [0.05, 0.1) is 0 Å². The van der Waals surface area contributed by atoms with Crippen LogP contribution >= 0.6 is 0 Å². The van der Waals surface area contributed by atoms with Crippen molar-refractivity contribution in [3.63, 3.8) is 0 Å². The number of piperidine rings is 1. The number of benzene rings is 1. The first kappa shape index (κ1) is 13.0. The van der Waals surface area contributed by atoms with Crippen LogP contribution in [0.3, 0.4) is 0 Å². The van der Waals surface area contributed by atoms with Crippen molar-refractivity contribution in [2.75, 3.05) is 19.6 Å². The Bertz CT molecular complexity index is 584. The smallest absolute Gasteiger partial charge is 0.219 e. The highest BCUT2D eigenvalue weighted by atomic mass is 16.2. The first-order chi connectivity index (χ1) is 9.66. The van der Waals surface area contributed by atoms with Gasteiger partial charge >= 0.3 is 0 Å². The number of Topliss-reactive ketones (excluding diaryl/α,β-unsaturated/α-hetero) is 1. The molecule has 0 saturated carbocycles. The zero-order valence-corrected chi connectivity index (χ0v) is 11.6. The largest absolute Gasteiger partial charge is 0.343 e. The van der Waals surface area contributed by atoms with Crippen molar-refractivity contribution in [1.29, 1.82) is 0 Å². The first-order valence-corrected chi connectivity index (χ1v) is 7.09. The third kappa shape index (κ3) is 2.26. The third-order valence-corrected chi connectivity index (χ3v) is 4.22. The maximum Gasteiger partial charge on any atom is 0.219 e. The number of ketones is 1. The number of rotatable bonds is 1. The lowest BCUT2D eigenvalue weighted by Gasteiger charge is -2.33. The SMILES string of the molecule is CC(=O)N1CCC(C2=NCC(=O)c3ccccc32)CC1. The summed E-state index contributed by atoms with van der Waals surface area (Å²) < 4.78 is 0. The summed E-state index contributed by atoms with van der Waals surface area (Å²) in [5, 5.41) is 0. The predicted octanol–water partition coefficient (Wildman–Crippen LogP) is 1.93. The summed E-state index contributed by atoms with van der Waals surface area (Å²) in [7, 11) is 0. The molecule has 20 heavy (non-hydrogen) atoms. The maximum atomic E-state index is 11.9. The van der Waals surface area contributed by atoms with E-state index in [0.717, 1.165) is 42.8 Å². The number of hydrogen-bond donors (Lipinski definition) is 0. The van der Waals surface area contributed by atoms with Crippen molar-refractivity contribution < 1.29 is 9.59 Å². The number of aliphatic imine (C=N–C) groups is 1. The van der Waals surface area contributed by atoms with Crippen molar-refractivity contribution in [2.45, 2.75) is 19.8 Å². The second kappa shape index (κ2) is 5.19. The average molecular weight is 270 g/mol. The minimum Gasteiger partial charge on any atom is -0.343 e. The fraction of sp³-hybridized carbons (Fsp3) is 0.438. The molecule has 4 nitrogen and oxygen atoms in total. The van der Waals surface area contributed by atoms with E-state index < -0.39 is 0 Å². The zero-order chi connectivity index (χ0) is 14.1. The van der Waals surface area contributed by atoms with Gasteiger partial charge in [-0.3, -0.25) is 14.6 Å². The number of hydrogen-bond acceptors (Lipinski definition) is 3. The van der Waals surface area contributed by atoms with Crippen molar-refractivity contribution in [2.24, 2.45) is 10.9 Å². The van der Waals surface area contributed by atoms with Crippen LogP contribution < -0.4 is 0 Å². The van der Waals surface area contributed by atoms with Gasteiger partial charge in [0.2, 0.25) is 5.91 Å². The molecule has 0 aliphatic carbocycles. The highest BCUT2D eigenvalue weighted by molar-refractivity contribution is 6.16. The van der Waals surface area contributed by atoms with Crippen LogP contribution in [0.25, 0.3) is 0 Å². The summed E-state index contributed by atoms with van der Waals surface area (Å²) in [6, 6.07) is 7.73. The Morgan fingerprint density at radius 1 is 1.20 bits per heavy atom. The van der Waals surface area contributed by atoms with E-state index in [2.05, 4.69) is 4.99 Å². The normalized spacial score (nSPS) is 19.6. The van der Waals surface area contributed by atoms with Crippen LogP contribution in [0.4, 0.5) is 0 Å². The van der Waals surface area contributed by atoms with Gasteiger partial charge < -0.3 is 4.90 Å². The van der Waals surface area contributed by atoms with Crippen molar-refractivity contribution >= 4 is 17.4 Å². The fourth-order valence-corrected chi connectivity index (χ4v) is 3.09. The van der Waals surface area contributed by atoms with Crippen LogP contribution in [0.15, 0.2) is 29.3 Å². The van der Waals surface area contributed by atoms with Gasteiger partial charge in [-0.1, -0.05) is 24.3 Å². The zero-order valence-electron chi connectivity index (χ0n) is 11.6. The predicted molar refractivity (Wildman–Crippen MR) is 77.2 cm³/mol. The van der Waals surface area contributed by atoms with Gasteiger partial charge in [-0.25, -0.2) is 0 Å². The Labute approximate surface area is 118 Å². The molecule has 1 aromatic carbocycles. The molecule has 4 heteroatoms. The molecule has 2 aliphatic heterocycles. The van der Waals surface area contributed by atoms with Crippen molar-refractivity contribution in [3.8, 4) is 0 Å². The number of amides is 1. The summed E-state index contributed by atoms with van der Waals surface area (Å²) in [4.78, 5) is 29.7. The molecule has 2 heterocycles. The van der Waals surface area contributed by atoms with Gasteiger partial charge in [0.1, 0.15) is 6.54 Å². The van der Waals surface area contributed by atoms with Gasteiger partial charge in [-0.2, -0.15) is 0 Å². The second-order valence-corrected chi connectivity index (χ2v) is 5.45. The summed E-state index contributed by atoms with van der Waals surface area (Å²) >= 11 is 0. The Hall–Kier alpha value is -1.97. The van der Waals surface area contributed by atoms with Crippen LogP contribution in [0.1, 0.15) is 35.7 Å². The van der Waals surface area contributed by atoms with Crippen LogP contribution in [0.2, 0.25) is 0 Å². The highest BCUT2D eigenvalue weighted by Gasteiger charge is 2.29. The lowest BCUT2D eigenvalue weighted by atomic mass is 9.84. The molecule has 0 spiro atoms. The topological polar surface area (TPSA) is 49.7 Å².